The van der Waals surface area contributed by atoms with Crippen molar-refractivity contribution in [1.82, 2.24) is 4.90 Å². The van der Waals surface area contributed by atoms with Crippen LogP contribution in [0.5, 0.6) is 0 Å². The Labute approximate surface area is 120 Å². The molecule has 0 saturated carbocycles. The second-order valence-electron chi connectivity index (χ2n) is 5.49. The van der Waals surface area contributed by atoms with Crippen molar-refractivity contribution in [2.75, 3.05) is 13.1 Å². The first kappa shape index (κ1) is 14.5. The van der Waals surface area contributed by atoms with Crippen LogP contribution in [0.4, 0.5) is 0 Å². The monoisotopic (exact) mass is 279 g/mol. The smallest absolute Gasteiger partial charge is 0.179 e. The van der Waals surface area contributed by atoms with E-state index >= 15 is 0 Å². The normalized spacial score (nSPS) is 21.5. The van der Waals surface area contributed by atoms with Crippen molar-refractivity contribution in [3.63, 3.8) is 0 Å². The van der Waals surface area contributed by atoms with Gasteiger partial charge in [-0.3, -0.25) is 9.69 Å². The van der Waals surface area contributed by atoms with Crippen molar-refractivity contribution in [2.45, 2.75) is 39.2 Å². The van der Waals surface area contributed by atoms with Gasteiger partial charge in [-0.15, -0.1) is 0 Å². The molecule has 1 aliphatic heterocycles. The molecule has 3 heteroatoms. The molecule has 0 aromatic heterocycles. The van der Waals surface area contributed by atoms with Gasteiger partial charge < -0.3 is 0 Å². The van der Waals surface area contributed by atoms with Gasteiger partial charge in [-0.25, -0.2) is 0 Å². The first-order valence-electron chi connectivity index (χ1n) is 7.15. The number of carbonyl (C=O) groups excluding carboxylic acids is 1. The van der Waals surface area contributed by atoms with Crippen molar-refractivity contribution in [2.24, 2.45) is 5.92 Å². The minimum absolute atomic E-state index is 0.0414. The van der Waals surface area contributed by atoms with E-state index in [1.807, 2.05) is 19.1 Å². The summed E-state index contributed by atoms with van der Waals surface area (Å²) in [5, 5.41) is 0.628. The number of ketones is 1. The Hall–Kier alpha value is -0.860. The van der Waals surface area contributed by atoms with Gasteiger partial charge in [0.25, 0.3) is 0 Å². The van der Waals surface area contributed by atoms with E-state index < -0.39 is 0 Å². The summed E-state index contributed by atoms with van der Waals surface area (Å²) in [6, 6.07) is 7.22. The van der Waals surface area contributed by atoms with E-state index in [0.717, 1.165) is 24.6 Å². The Bertz CT molecular complexity index is 446. The number of likely N-dealkylation sites (tertiary alicyclic amines) is 1. The highest BCUT2D eigenvalue weighted by atomic mass is 35.5. The lowest BCUT2D eigenvalue weighted by molar-refractivity contribution is 0.0862. The molecule has 1 fully saturated rings. The Kier molecular flexibility index (Phi) is 5.00. The van der Waals surface area contributed by atoms with E-state index in [-0.39, 0.29) is 11.8 Å². The van der Waals surface area contributed by atoms with E-state index in [0.29, 0.717) is 5.02 Å². The summed E-state index contributed by atoms with van der Waals surface area (Å²) in [5.41, 5.74) is 0.721. The van der Waals surface area contributed by atoms with Crippen LogP contribution in [-0.2, 0) is 0 Å². The molecule has 0 N–H and O–H groups in total. The van der Waals surface area contributed by atoms with Crippen molar-refractivity contribution in [3.8, 4) is 0 Å². The Morgan fingerprint density at radius 3 is 3.00 bits per heavy atom. The van der Waals surface area contributed by atoms with Gasteiger partial charge in [-0.05, 0) is 44.4 Å². The predicted octanol–water partition coefficient (Wildman–Crippen LogP) is 4.03. The summed E-state index contributed by atoms with van der Waals surface area (Å²) >= 11 is 5.95. The van der Waals surface area contributed by atoms with Crippen molar-refractivity contribution in [3.05, 3.63) is 34.9 Å². The van der Waals surface area contributed by atoms with E-state index in [1.54, 1.807) is 12.1 Å². The Morgan fingerprint density at radius 2 is 2.32 bits per heavy atom. The van der Waals surface area contributed by atoms with Crippen LogP contribution in [0.1, 0.15) is 43.5 Å². The van der Waals surface area contributed by atoms with Gasteiger partial charge in [0.2, 0.25) is 0 Å². The topological polar surface area (TPSA) is 20.3 Å². The lowest BCUT2D eigenvalue weighted by Crippen LogP contribution is -2.37. The molecular weight excluding hydrogens is 258 g/mol. The zero-order valence-electron chi connectivity index (χ0n) is 11.7. The first-order valence-corrected chi connectivity index (χ1v) is 7.53. The quantitative estimate of drug-likeness (QED) is 0.759. The number of nitrogens with zero attached hydrogens (tertiary/aromatic N) is 1. The fraction of sp³-hybridized carbons (Fsp3) is 0.562. The van der Waals surface area contributed by atoms with Gasteiger partial charge in [0, 0.05) is 17.1 Å². The molecule has 1 heterocycles. The molecule has 1 aromatic carbocycles. The van der Waals surface area contributed by atoms with Crippen molar-refractivity contribution >= 4 is 17.4 Å². The number of hydrogen-bond donors (Lipinski definition) is 0. The predicted molar refractivity (Wildman–Crippen MR) is 79.8 cm³/mol. The molecule has 2 atom stereocenters. The van der Waals surface area contributed by atoms with Gasteiger partial charge in [0.1, 0.15) is 0 Å². The van der Waals surface area contributed by atoms with Crippen molar-refractivity contribution < 1.29 is 4.79 Å². The average Bonchev–Trinajstić information content (AvgIpc) is 2.86. The van der Waals surface area contributed by atoms with Gasteiger partial charge in [-0.1, -0.05) is 37.1 Å². The SMILES string of the molecule is CCCC1CCN(C(C)C(=O)c2cccc(Cl)c2)C1. The molecule has 1 aliphatic rings. The summed E-state index contributed by atoms with van der Waals surface area (Å²) in [6.07, 6.45) is 3.73. The Balaban J connectivity index is 2.00. The van der Waals surface area contributed by atoms with E-state index in [2.05, 4.69) is 11.8 Å². The maximum atomic E-state index is 12.4. The molecule has 19 heavy (non-hydrogen) atoms. The summed E-state index contributed by atoms with van der Waals surface area (Å²) in [7, 11) is 0. The molecule has 104 valence electrons. The molecule has 0 aliphatic carbocycles. The highest BCUT2D eigenvalue weighted by Crippen LogP contribution is 2.24. The third kappa shape index (κ3) is 3.58. The minimum atomic E-state index is -0.0414. The third-order valence-corrected chi connectivity index (χ3v) is 4.29. The summed E-state index contributed by atoms with van der Waals surface area (Å²) < 4.78 is 0. The lowest BCUT2D eigenvalue weighted by atomic mass is 10.0. The molecule has 0 radical (unpaired) electrons. The standard InChI is InChI=1S/C16H22ClNO/c1-3-5-13-8-9-18(11-13)12(2)16(19)14-6-4-7-15(17)10-14/h4,6-7,10,12-13H,3,5,8-9,11H2,1-2H3. The minimum Gasteiger partial charge on any atom is -0.293 e. The molecule has 2 nitrogen and oxygen atoms in total. The van der Waals surface area contributed by atoms with E-state index in [1.165, 1.54) is 19.3 Å². The second kappa shape index (κ2) is 6.53. The zero-order valence-corrected chi connectivity index (χ0v) is 12.5. The van der Waals surface area contributed by atoms with Crippen LogP contribution in [-0.4, -0.2) is 29.8 Å². The maximum Gasteiger partial charge on any atom is 0.179 e. The fourth-order valence-electron chi connectivity index (χ4n) is 2.91. The van der Waals surface area contributed by atoms with Gasteiger partial charge in [-0.2, -0.15) is 0 Å². The zero-order chi connectivity index (χ0) is 13.8. The van der Waals surface area contributed by atoms with Gasteiger partial charge in [0.15, 0.2) is 5.78 Å². The summed E-state index contributed by atoms with van der Waals surface area (Å²) in [4.78, 5) is 14.8. The Morgan fingerprint density at radius 1 is 1.53 bits per heavy atom. The van der Waals surface area contributed by atoms with Crippen LogP contribution in [0.25, 0.3) is 0 Å². The summed E-state index contributed by atoms with van der Waals surface area (Å²) in [6.45, 7) is 6.33. The molecule has 0 spiro atoms. The van der Waals surface area contributed by atoms with Crippen molar-refractivity contribution in [1.29, 1.82) is 0 Å². The number of carbonyl (C=O) groups is 1. The highest BCUT2D eigenvalue weighted by Gasteiger charge is 2.29. The molecule has 2 unspecified atom stereocenters. The van der Waals surface area contributed by atoms with Crippen LogP contribution >= 0.6 is 11.6 Å². The fourth-order valence-corrected chi connectivity index (χ4v) is 3.10. The van der Waals surface area contributed by atoms with E-state index in [4.69, 9.17) is 11.6 Å². The largest absolute Gasteiger partial charge is 0.293 e. The number of rotatable bonds is 5. The number of Topliss-reactive ketones (excluding diaryl/α,β-unsaturated/α-hetero) is 1. The second-order valence-corrected chi connectivity index (χ2v) is 5.93. The molecule has 2 rings (SSSR count). The van der Waals surface area contributed by atoms with Gasteiger partial charge >= 0.3 is 0 Å². The third-order valence-electron chi connectivity index (χ3n) is 4.05. The van der Waals surface area contributed by atoms with Crippen LogP contribution < -0.4 is 0 Å². The number of benzene rings is 1. The van der Waals surface area contributed by atoms with Crippen LogP contribution in [0, 0.1) is 5.92 Å². The summed E-state index contributed by atoms with van der Waals surface area (Å²) in [5.74, 6) is 0.944. The molecular formula is C16H22ClNO. The van der Waals surface area contributed by atoms with Crippen LogP contribution in [0.2, 0.25) is 5.02 Å². The number of halogens is 1. The highest BCUT2D eigenvalue weighted by molar-refractivity contribution is 6.31. The lowest BCUT2D eigenvalue weighted by Gasteiger charge is -2.23. The average molecular weight is 280 g/mol. The maximum absolute atomic E-state index is 12.4. The van der Waals surface area contributed by atoms with Crippen LogP contribution in [0.15, 0.2) is 24.3 Å². The first-order chi connectivity index (χ1) is 9.11. The molecule has 0 bridgehead atoms. The van der Waals surface area contributed by atoms with Gasteiger partial charge in [0.05, 0.1) is 6.04 Å². The molecule has 1 aromatic rings. The van der Waals surface area contributed by atoms with E-state index in [9.17, 15) is 4.79 Å². The number of hydrogen-bond acceptors (Lipinski definition) is 2. The molecule has 1 saturated heterocycles. The molecule has 0 amide bonds. The van der Waals surface area contributed by atoms with Crippen LogP contribution in [0.3, 0.4) is 0 Å².